The van der Waals surface area contributed by atoms with Gasteiger partial charge in [0.1, 0.15) is 40.5 Å². The Bertz CT molecular complexity index is 637. The molecule has 0 heterocycles. The van der Waals surface area contributed by atoms with Crippen LogP contribution >= 0.6 is 0 Å². The summed E-state index contributed by atoms with van der Waals surface area (Å²) in [5.74, 6) is 0. The van der Waals surface area contributed by atoms with Crippen molar-refractivity contribution in [1.82, 2.24) is 0 Å². The van der Waals surface area contributed by atoms with Gasteiger partial charge >= 0.3 is 118 Å². The van der Waals surface area contributed by atoms with Crippen molar-refractivity contribution < 1.29 is 180 Å². The molecule has 0 aliphatic rings. The normalized spacial score (nSPS) is 11.7. The van der Waals surface area contributed by atoms with E-state index in [0.29, 0.717) is 0 Å². The minimum absolute atomic E-state index is 0. The number of rotatable bonds is 6. The molecule has 0 aliphatic carbocycles. The van der Waals surface area contributed by atoms with Crippen molar-refractivity contribution in [2.24, 2.45) is 0 Å². The van der Waals surface area contributed by atoms with E-state index in [4.69, 9.17) is 10.2 Å². The van der Waals surface area contributed by atoms with E-state index < -0.39 is 62.9 Å². The number of hydrogen-bond acceptors (Lipinski definition) is 14. The van der Waals surface area contributed by atoms with E-state index in [1.807, 2.05) is 0 Å². The summed E-state index contributed by atoms with van der Waals surface area (Å²) >= 11 is 0. The standard InChI is InChI=1S/2C2H6O7S2.4Na/c2*3-1-2(10(4,5)6)11(7,8)9;;;;/h2*2-3H,1H2,(H,4,5,6)(H,7,8,9);;;;/q;;4*+1/p-4. The maximum absolute atomic E-state index is 9.91. The van der Waals surface area contributed by atoms with Crippen molar-refractivity contribution in [3.8, 4) is 0 Å². The zero-order valence-corrected chi connectivity index (χ0v) is 25.3. The van der Waals surface area contributed by atoms with E-state index in [2.05, 4.69) is 0 Å². The Labute approximate surface area is 239 Å². The summed E-state index contributed by atoms with van der Waals surface area (Å²) < 4.78 is 113. The van der Waals surface area contributed by atoms with Gasteiger partial charge in [-0.2, -0.15) is 0 Å². The first-order valence-electron chi connectivity index (χ1n) is 4.39. The summed E-state index contributed by atoms with van der Waals surface area (Å²) in [6.45, 7) is -3.03. The molecule has 0 saturated heterocycles. The molecule has 22 heteroatoms. The van der Waals surface area contributed by atoms with E-state index in [1.54, 1.807) is 0 Å². The summed E-state index contributed by atoms with van der Waals surface area (Å²) in [6, 6.07) is 0. The van der Waals surface area contributed by atoms with E-state index >= 15 is 0 Å². The fourth-order valence-corrected chi connectivity index (χ4v) is 3.69. The zero-order chi connectivity index (χ0) is 18.6. The molecule has 0 fully saturated rings. The molecular formula is C4H8Na4O14S4. The largest absolute Gasteiger partial charge is 1.00 e. The predicted molar refractivity (Wildman–Crippen MR) is 60.5 cm³/mol. The average molecular weight is 500 g/mol. The third-order valence-corrected chi connectivity index (χ3v) is 7.59. The van der Waals surface area contributed by atoms with Crippen LogP contribution < -0.4 is 118 Å². The van der Waals surface area contributed by atoms with E-state index in [-0.39, 0.29) is 118 Å². The van der Waals surface area contributed by atoms with Gasteiger partial charge in [0.2, 0.25) is 0 Å². The van der Waals surface area contributed by atoms with Crippen LogP contribution in [0.2, 0.25) is 0 Å². The molecule has 26 heavy (non-hydrogen) atoms. The molecule has 0 amide bonds. The summed E-state index contributed by atoms with van der Waals surface area (Å²) in [5, 5.41) is 16.1. The average Bonchev–Trinajstić information content (AvgIpc) is 2.09. The van der Waals surface area contributed by atoms with Crippen LogP contribution in [0.15, 0.2) is 0 Å². The van der Waals surface area contributed by atoms with E-state index in [1.165, 1.54) is 0 Å². The Morgan fingerprint density at radius 2 is 0.615 bits per heavy atom. The van der Waals surface area contributed by atoms with Gasteiger partial charge in [-0.25, -0.2) is 33.7 Å². The van der Waals surface area contributed by atoms with Crippen LogP contribution in [-0.4, -0.2) is 84.5 Å². The summed E-state index contributed by atoms with van der Waals surface area (Å²) in [6.07, 6.45) is 0. The molecule has 0 radical (unpaired) electrons. The van der Waals surface area contributed by atoms with Crippen LogP contribution in [-0.2, 0) is 40.5 Å². The third kappa shape index (κ3) is 19.5. The molecule has 0 aromatic rings. The van der Waals surface area contributed by atoms with Gasteiger partial charge < -0.3 is 28.4 Å². The molecule has 0 bridgehead atoms. The molecular weight excluding hydrogens is 492 g/mol. The molecule has 0 aliphatic heterocycles. The Morgan fingerprint density at radius 3 is 0.615 bits per heavy atom. The number of aliphatic hydroxyl groups is 2. The number of aliphatic hydroxyl groups excluding tert-OH is 2. The van der Waals surface area contributed by atoms with Gasteiger partial charge in [-0.3, -0.25) is 0 Å². The quantitative estimate of drug-likeness (QED) is 0.253. The van der Waals surface area contributed by atoms with Gasteiger partial charge in [0.15, 0.2) is 9.16 Å². The van der Waals surface area contributed by atoms with Gasteiger partial charge in [-0.1, -0.05) is 0 Å². The van der Waals surface area contributed by atoms with Gasteiger partial charge in [0.05, 0.1) is 13.2 Å². The molecule has 2 N–H and O–H groups in total. The predicted octanol–water partition coefficient (Wildman–Crippen LogP) is -17.2. The fourth-order valence-electron chi connectivity index (χ4n) is 0.654. The Hall–Kier alpha value is 3.56. The smallest absolute Gasteiger partial charge is 0.747 e. The van der Waals surface area contributed by atoms with Crippen molar-refractivity contribution in [1.29, 1.82) is 0 Å². The Kier molecular flexibility index (Phi) is 28.7. The Morgan fingerprint density at radius 1 is 0.500 bits per heavy atom. The second-order valence-corrected chi connectivity index (χ2v) is 10.0. The van der Waals surface area contributed by atoms with Crippen LogP contribution in [0.4, 0.5) is 0 Å². The van der Waals surface area contributed by atoms with Gasteiger partial charge in [0, 0.05) is 0 Å². The topological polar surface area (TPSA) is 269 Å². The monoisotopic (exact) mass is 500 g/mol. The van der Waals surface area contributed by atoms with Crippen molar-refractivity contribution in [3.63, 3.8) is 0 Å². The number of hydrogen-bond donors (Lipinski definition) is 2. The molecule has 0 rings (SSSR count). The minimum atomic E-state index is -5.27. The van der Waals surface area contributed by atoms with Crippen molar-refractivity contribution >= 4 is 40.5 Å². The summed E-state index contributed by atoms with van der Waals surface area (Å²) in [5.41, 5.74) is 0. The van der Waals surface area contributed by atoms with Crippen molar-refractivity contribution in [3.05, 3.63) is 0 Å². The zero-order valence-electron chi connectivity index (χ0n) is 14.0. The summed E-state index contributed by atoms with van der Waals surface area (Å²) in [4.78, 5) is 0. The van der Waals surface area contributed by atoms with Crippen LogP contribution in [0.3, 0.4) is 0 Å². The molecule has 0 aromatic heterocycles. The van der Waals surface area contributed by atoms with Gasteiger partial charge in [-0.05, 0) is 0 Å². The molecule has 0 spiro atoms. The summed E-state index contributed by atoms with van der Waals surface area (Å²) in [7, 11) is -21.1. The molecule has 0 atom stereocenters. The Balaban J connectivity index is -0.0000000667. The SMILES string of the molecule is O=S(=O)([O-])C(CO)S(=O)(=O)[O-].O=S(=O)([O-])C(CO)S(=O)(=O)[O-].[Na+].[Na+].[Na+].[Na+]. The minimum Gasteiger partial charge on any atom is -0.747 e. The molecule has 0 unspecified atom stereocenters. The second kappa shape index (κ2) is 17.2. The van der Waals surface area contributed by atoms with E-state index in [0.717, 1.165) is 0 Å². The van der Waals surface area contributed by atoms with Crippen LogP contribution in [0.5, 0.6) is 0 Å². The van der Waals surface area contributed by atoms with Crippen LogP contribution in [0, 0.1) is 0 Å². The molecule has 0 saturated carbocycles. The van der Waals surface area contributed by atoms with Crippen LogP contribution in [0.1, 0.15) is 0 Å². The van der Waals surface area contributed by atoms with E-state index in [9.17, 15) is 51.9 Å². The van der Waals surface area contributed by atoms with Crippen molar-refractivity contribution in [2.45, 2.75) is 9.16 Å². The van der Waals surface area contributed by atoms with Gasteiger partial charge in [0.25, 0.3) is 0 Å². The van der Waals surface area contributed by atoms with Crippen molar-refractivity contribution in [2.75, 3.05) is 13.2 Å². The maximum atomic E-state index is 9.91. The first-order chi connectivity index (χ1) is 9.39. The first kappa shape index (κ1) is 43.4. The third-order valence-electron chi connectivity index (χ3n) is 1.59. The molecule has 14 nitrogen and oxygen atoms in total. The second-order valence-electron chi connectivity index (χ2n) is 3.20. The molecule has 136 valence electrons. The maximum Gasteiger partial charge on any atom is 1.00 e. The van der Waals surface area contributed by atoms with Crippen LogP contribution in [0.25, 0.3) is 0 Å². The fraction of sp³-hybridized carbons (Fsp3) is 1.00. The first-order valence-corrected chi connectivity index (χ1v) is 10.3. The van der Waals surface area contributed by atoms with Gasteiger partial charge in [-0.15, -0.1) is 0 Å². The molecule has 0 aromatic carbocycles.